The minimum absolute atomic E-state index is 0.335. The van der Waals surface area contributed by atoms with Gasteiger partial charge in [-0.2, -0.15) is 0 Å². The second-order valence-electron chi connectivity index (χ2n) is 4.40. The summed E-state index contributed by atoms with van der Waals surface area (Å²) in [5, 5.41) is 13.1. The number of carboxylic acid groups (broad SMARTS) is 1. The number of carbonyl (C=O) groups is 1. The Morgan fingerprint density at radius 2 is 1.85 bits per heavy atom. The lowest BCUT2D eigenvalue weighted by atomic mass is 10.1. The van der Waals surface area contributed by atoms with E-state index in [2.05, 4.69) is 5.32 Å². The number of hydrogen-bond donors (Lipinski definition) is 2. The molecule has 0 heterocycles. The van der Waals surface area contributed by atoms with Gasteiger partial charge in [-0.25, -0.2) is 4.79 Å². The topological polar surface area (TPSA) is 49.3 Å². The Labute approximate surface area is 127 Å². The fourth-order valence-electron chi connectivity index (χ4n) is 1.87. The molecule has 0 aliphatic rings. The van der Waals surface area contributed by atoms with Gasteiger partial charge in [0.25, 0.3) is 0 Å². The van der Waals surface area contributed by atoms with Gasteiger partial charge < -0.3 is 10.4 Å². The van der Waals surface area contributed by atoms with Crippen LogP contribution in [0.4, 0.5) is 5.69 Å². The van der Waals surface area contributed by atoms with Crippen molar-refractivity contribution in [1.29, 1.82) is 0 Å². The third-order valence-corrected chi connectivity index (χ3v) is 3.71. The van der Waals surface area contributed by atoms with Gasteiger partial charge in [-0.1, -0.05) is 47.5 Å². The summed E-state index contributed by atoms with van der Waals surface area (Å²) in [5.74, 6) is -0.980. The quantitative estimate of drug-likeness (QED) is 0.871. The van der Waals surface area contributed by atoms with Crippen molar-refractivity contribution in [2.75, 3.05) is 5.32 Å². The maximum atomic E-state index is 11.5. The Kier molecular flexibility index (Phi) is 4.53. The third kappa shape index (κ3) is 3.24. The van der Waals surface area contributed by atoms with E-state index in [1.54, 1.807) is 18.2 Å². The van der Waals surface area contributed by atoms with E-state index in [4.69, 9.17) is 23.2 Å². The number of aryl methyl sites for hydroxylation is 1. The van der Waals surface area contributed by atoms with Crippen LogP contribution in [0.15, 0.2) is 42.5 Å². The molecule has 3 nitrogen and oxygen atoms in total. The van der Waals surface area contributed by atoms with E-state index in [0.717, 1.165) is 11.3 Å². The van der Waals surface area contributed by atoms with Crippen molar-refractivity contribution in [2.24, 2.45) is 0 Å². The minimum atomic E-state index is -0.980. The Morgan fingerprint density at radius 1 is 1.15 bits per heavy atom. The maximum Gasteiger partial charge on any atom is 0.330 e. The number of nitrogens with one attached hydrogen (secondary N) is 1. The first-order chi connectivity index (χ1) is 9.49. The third-order valence-electron chi connectivity index (χ3n) is 2.97. The summed E-state index contributed by atoms with van der Waals surface area (Å²) in [6.45, 7) is 1.91. The van der Waals surface area contributed by atoms with Crippen LogP contribution in [-0.4, -0.2) is 11.1 Å². The van der Waals surface area contributed by atoms with Gasteiger partial charge in [-0.3, -0.25) is 0 Å². The molecule has 2 aromatic carbocycles. The van der Waals surface area contributed by atoms with E-state index < -0.39 is 12.0 Å². The first kappa shape index (κ1) is 14.7. The predicted octanol–water partition coefficient (Wildman–Crippen LogP) is 4.54. The van der Waals surface area contributed by atoms with Crippen molar-refractivity contribution >= 4 is 34.9 Å². The van der Waals surface area contributed by atoms with Gasteiger partial charge >= 0.3 is 5.97 Å². The SMILES string of the molecule is Cc1ccccc1NC(C(=O)O)c1ccc(Cl)c(Cl)c1. The minimum Gasteiger partial charge on any atom is -0.479 e. The summed E-state index contributed by atoms with van der Waals surface area (Å²) in [6, 6.07) is 11.4. The Morgan fingerprint density at radius 3 is 2.45 bits per heavy atom. The van der Waals surface area contributed by atoms with E-state index in [0.29, 0.717) is 15.6 Å². The molecule has 0 saturated carbocycles. The first-order valence-electron chi connectivity index (χ1n) is 5.99. The van der Waals surface area contributed by atoms with Crippen LogP contribution in [0.25, 0.3) is 0 Å². The molecule has 0 fully saturated rings. The number of aliphatic carboxylic acids is 1. The molecule has 0 saturated heterocycles. The van der Waals surface area contributed by atoms with Crippen molar-refractivity contribution in [3.8, 4) is 0 Å². The molecule has 5 heteroatoms. The van der Waals surface area contributed by atoms with Crippen molar-refractivity contribution in [2.45, 2.75) is 13.0 Å². The zero-order valence-electron chi connectivity index (χ0n) is 10.7. The molecule has 0 aliphatic carbocycles. The standard InChI is InChI=1S/C15H13Cl2NO2/c1-9-4-2-3-5-13(9)18-14(15(19)20)10-6-7-11(16)12(17)8-10/h2-8,14,18H,1H3,(H,19,20). The Hall–Kier alpha value is -1.71. The lowest BCUT2D eigenvalue weighted by molar-refractivity contribution is -0.138. The molecule has 0 amide bonds. The normalized spacial score (nSPS) is 11.9. The van der Waals surface area contributed by atoms with Crippen molar-refractivity contribution < 1.29 is 9.90 Å². The molecular weight excluding hydrogens is 297 g/mol. The van der Waals surface area contributed by atoms with Crippen LogP contribution >= 0.6 is 23.2 Å². The number of halogens is 2. The highest BCUT2D eigenvalue weighted by atomic mass is 35.5. The Bertz CT molecular complexity index is 644. The van der Waals surface area contributed by atoms with Gasteiger partial charge in [0.1, 0.15) is 0 Å². The summed E-state index contributed by atoms with van der Waals surface area (Å²) >= 11 is 11.8. The van der Waals surface area contributed by atoms with E-state index in [9.17, 15) is 9.90 Å². The van der Waals surface area contributed by atoms with Crippen LogP contribution < -0.4 is 5.32 Å². The molecule has 2 N–H and O–H groups in total. The highest BCUT2D eigenvalue weighted by Gasteiger charge is 2.21. The van der Waals surface area contributed by atoms with Crippen LogP contribution in [0.2, 0.25) is 10.0 Å². The van der Waals surface area contributed by atoms with Gasteiger partial charge in [0, 0.05) is 5.69 Å². The lowest BCUT2D eigenvalue weighted by Crippen LogP contribution is -2.20. The van der Waals surface area contributed by atoms with Crippen LogP contribution in [0.1, 0.15) is 17.2 Å². The molecule has 0 aromatic heterocycles. The summed E-state index contributed by atoms with van der Waals surface area (Å²) in [6.07, 6.45) is 0. The van der Waals surface area contributed by atoms with Gasteiger partial charge in [-0.15, -0.1) is 0 Å². The largest absolute Gasteiger partial charge is 0.479 e. The molecular formula is C15H13Cl2NO2. The average Bonchev–Trinajstić information content (AvgIpc) is 2.41. The van der Waals surface area contributed by atoms with Gasteiger partial charge in [-0.05, 0) is 36.2 Å². The summed E-state index contributed by atoms with van der Waals surface area (Å²) in [5.41, 5.74) is 2.29. The van der Waals surface area contributed by atoms with Crippen molar-refractivity contribution in [3.05, 3.63) is 63.6 Å². The number of anilines is 1. The number of benzene rings is 2. The number of carboxylic acids is 1. The van der Waals surface area contributed by atoms with E-state index >= 15 is 0 Å². The maximum absolute atomic E-state index is 11.5. The van der Waals surface area contributed by atoms with E-state index in [1.165, 1.54) is 0 Å². The fourth-order valence-corrected chi connectivity index (χ4v) is 2.18. The van der Waals surface area contributed by atoms with E-state index in [1.807, 2.05) is 31.2 Å². The highest BCUT2D eigenvalue weighted by Crippen LogP contribution is 2.28. The molecule has 2 rings (SSSR count). The average molecular weight is 310 g/mol. The summed E-state index contributed by atoms with van der Waals surface area (Å²) < 4.78 is 0. The highest BCUT2D eigenvalue weighted by molar-refractivity contribution is 6.42. The molecule has 20 heavy (non-hydrogen) atoms. The predicted molar refractivity (Wildman–Crippen MR) is 81.6 cm³/mol. The molecule has 104 valence electrons. The van der Waals surface area contributed by atoms with Crippen molar-refractivity contribution in [3.63, 3.8) is 0 Å². The summed E-state index contributed by atoms with van der Waals surface area (Å²) in [7, 11) is 0. The van der Waals surface area contributed by atoms with Crippen LogP contribution in [0.5, 0.6) is 0 Å². The molecule has 1 unspecified atom stereocenters. The molecule has 0 bridgehead atoms. The molecule has 0 spiro atoms. The Balaban J connectivity index is 2.34. The second-order valence-corrected chi connectivity index (χ2v) is 5.22. The van der Waals surface area contributed by atoms with Gasteiger partial charge in [0.15, 0.2) is 6.04 Å². The molecule has 1 atom stereocenters. The first-order valence-corrected chi connectivity index (χ1v) is 6.74. The number of para-hydroxylation sites is 1. The zero-order valence-corrected chi connectivity index (χ0v) is 12.2. The van der Waals surface area contributed by atoms with Crippen LogP contribution in [-0.2, 0) is 4.79 Å². The second kappa shape index (κ2) is 6.16. The molecule has 2 aromatic rings. The van der Waals surface area contributed by atoms with Gasteiger partial charge in [0.05, 0.1) is 10.0 Å². The fraction of sp³-hybridized carbons (Fsp3) is 0.133. The number of rotatable bonds is 4. The number of hydrogen-bond acceptors (Lipinski definition) is 2. The van der Waals surface area contributed by atoms with Crippen molar-refractivity contribution in [1.82, 2.24) is 0 Å². The molecule has 0 radical (unpaired) electrons. The molecule has 0 aliphatic heterocycles. The van der Waals surface area contributed by atoms with Gasteiger partial charge in [0.2, 0.25) is 0 Å². The van der Waals surface area contributed by atoms with Crippen LogP contribution in [0, 0.1) is 6.92 Å². The van der Waals surface area contributed by atoms with Crippen LogP contribution in [0.3, 0.4) is 0 Å². The lowest BCUT2D eigenvalue weighted by Gasteiger charge is -2.18. The monoisotopic (exact) mass is 309 g/mol. The zero-order chi connectivity index (χ0) is 14.7. The summed E-state index contributed by atoms with van der Waals surface area (Å²) in [4.78, 5) is 11.5. The smallest absolute Gasteiger partial charge is 0.330 e. The van der Waals surface area contributed by atoms with E-state index in [-0.39, 0.29) is 0 Å².